The van der Waals surface area contributed by atoms with Crippen molar-refractivity contribution in [2.24, 2.45) is 16.8 Å². The molecule has 2 atom stereocenters. The number of piperazine rings is 1. The maximum atomic E-state index is 12.5. The van der Waals surface area contributed by atoms with E-state index in [1.807, 2.05) is 11.0 Å². The minimum Gasteiger partial charge on any atom is -0.356 e. The van der Waals surface area contributed by atoms with Crippen LogP contribution in [-0.2, 0) is 4.79 Å². The second kappa shape index (κ2) is 11.7. The zero-order valence-corrected chi connectivity index (χ0v) is 18.5. The summed E-state index contributed by atoms with van der Waals surface area (Å²) in [5, 5.41) is 6.68. The number of aromatic nitrogens is 2. The van der Waals surface area contributed by atoms with Gasteiger partial charge in [-0.25, -0.2) is 9.97 Å². The van der Waals surface area contributed by atoms with E-state index < -0.39 is 0 Å². The summed E-state index contributed by atoms with van der Waals surface area (Å²) in [6, 6.07) is 1.81. The highest BCUT2D eigenvalue weighted by atomic mass is 16.2. The summed E-state index contributed by atoms with van der Waals surface area (Å²) in [5.74, 6) is 3.42. The van der Waals surface area contributed by atoms with Gasteiger partial charge in [-0.3, -0.25) is 9.79 Å². The topological polar surface area (TPSA) is 85.8 Å². The maximum absolute atomic E-state index is 12.5. The lowest BCUT2D eigenvalue weighted by molar-refractivity contribution is -0.131. The van der Waals surface area contributed by atoms with E-state index in [0.29, 0.717) is 26.1 Å². The van der Waals surface area contributed by atoms with Gasteiger partial charge in [-0.15, -0.1) is 0 Å². The molecule has 1 saturated heterocycles. The summed E-state index contributed by atoms with van der Waals surface area (Å²) < 4.78 is 0. The number of carbonyl (C=O) groups is 1. The zero-order chi connectivity index (χ0) is 21.2. The largest absolute Gasteiger partial charge is 0.356 e. The third-order valence-corrected chi connectivity index (χ3v) is 6.21. The molecule has 8 heteroatoms. The first-order chi connectivity index (χ1) is 14.7. The maximum Gasteiger partial charge on any atom is 0.225 e. The van der Waals surface area contributed by atoms with Crippen LogP contribution in [-0.4, -0.2) is 73.1 Å². The van der Waals surface area contributed by atoms with Crippen LogP contribution in [0.5, 0.6) is 0 Å². The van der Waals surface area contributed by atoms with Gasteiger partial charge < -0.3 is 20.4 Å². The van der Waals surface area contributed by atoms with E-state index in [0.717, 1.165) is 43.4 Å². The lowest BCUT2D eigenvalue weighted by atomic mass is 9.81. The monoisotopic (exact) mass is 415 g/mol. The van der Waals surface area contributed by atoms with Gasteiger partial charge in [0.25, 0.3) is 0 Å². The lowest BCUT2D eigenvalue weighted by Crippen LogP contribution is -2.50. The number of amides is 1. The van der Waals surface area contributed by atoms with Gasteiger partial charge in [0, 0.05) is 65.1 Å². The highest BCUT2D eigenvalue weighted by Gasteiger charge is 2.22. The molecule has 2 N–H and O–H groups in total. The first-order valence-corrected chi connectivity index (χ1v) is 11.4. The molecule has 0 radical (unpaired) electrons. The van der Waals surface area contributed by atoms with Crippen LogP contribution in [0.4, 0.5) is 5.95 Å². The molecule has 3 rings (SSSR count). The van der Waals surface area contributed by atoms with Gasteiger partial charge in [0.15, 0.2) is 5.96 Å². The third-order valence-electron chi connectivity index (χ3n) is 6.21. The van der Waals surface area contributed by atoms with E-state index in [4.69, 9.17) is 0 Å². The Morgan fingerprint density at radius 3 is 2.57 bits per heavy atom. The van der Waals surface area contributed by atoms with Crippen LogP contribution in [0.2, 0.25) is 0 Å². The Morgan fingerprint density at radius 2 is 1.87 bits per heavy atom. The molecule has 1 aromatic heterocycles. The van der Waals surface area contributed by atoms with E-state index in [1.54, 1.807) is 19.4 Å². The Hall–Kier alpha value is -2.38. The summed E-state index contributed by atoms with van der Waals surface area (Å²) in [5.41, 5.74) is 0. The van der Waals surface area contributed by atoms with E-state index in [1.165, 1.54) is 32.1 Å². The average Bonchev–Trinajstić information content (AvgIpc) is 2.78. The van der Waals surface area contributed by atoms with Crippen molar-refractivity contribution in [3.8, 4) is 0 Å². The van der Waals surface area contributed by atoms with Gasteiger partial charge in [0.2, 0.25) is 11.9 Å². The molecule has 30 heavy (non-hydrogen) atoms. The van der Waals surface area contributed by atoms with E-state index in [-0.39, 0.29) is 5.91 Å². The number of anilines is 1. The van der Waals surface area contributed by atoms with Gasteiger partial charge in [-0.2, -0.15) is 0 Å². The third kappa shape index (κ3) is 6.85. The van der Waals surface area contributed by atoms with Crippen molar-refractivity contribution >= 4 is 17.8 Å². The molecule has 2 unspecified atom stereocenters. The summed E-state index contributed by atoms with van der Waals surface area (Å²) in [4.78, 5) is 29.5. The summed E-state index contributed by atoms with van der Waals surface area (Å²) in [6.45, 7) is 6.87. The minimum absolute atomic E-state index is 0.183. The molecule has 2 aliphatic rings. The second-order valence-corrected chi connectivity index (χ2v) is 8.52. The molecule has 0 bridgehead atoms. The first-order valence-electron chi connectivity index (χ1n) is 11.4. The Labute approximate surface area is 180 Å². The van der Waals surface area contributed by atoms with Crippen LogP contribution in [0.15, 0.2) is 23.5 Å². The summed E-state index contributed by atoms with van der Waals surface area (Å²) >= 11 is 0. The van der Waals surface area contributed by atoms with E-state index in [9.17, 15) is 4.79 Å². The predicted octanol–water partition coefficient (Wildman–Crippen LogP) is 1.90. The fourth-order valence-corrected chi connectivity index (χ4v) is 4.49. The van der Waals surface area contributed by atoms with Crippen molar-refractivity contribution in [2.75, 3.05) is 51.2 Å². The van der Waals surface area contributed by atoms with Crippen molar-refractivity contribution in [3.05, 3.63) is 18.5 Å². The van der Waals surface area contributed by atoms with Crippen LogP contribution in [0, 0.1) is 11.8 Å². The van der Waals surface area contributed by atoms with E-state index >= 15 is 0 Å². The number of hydrogen-bond donors (Lipinski definition) is 2. The molecule has 0 spiro atoms. The highest BCUT2D eigenvalue weighted by Crippen LogP contribution is 2.30. The van der Waals surface area contributed by atoms with Crippen LogP contribution in [0.25, 0.3) is 0 Å². The van der Waals surface area contributed by atoms with Crippen LogP contribution >= 0.6 is 0 Å². The van der Waals surface area contributed by atoms with Gasteiger partial charge in [-0.05, 0) is 30.7 Å². The van der Waals surface area contributed by atoms with Crippen LogP contribution < -0.4 is 15.5 Å². The minimum atomic E-state index is 0.183. The number of rotatable bonds is 7. The Morgan fingerprint density at radius 1 is 1.13 bits per heavy atom. The van der Waals surface area contributed by atoms with Crippen molar-refractivity contribution in [3.63, 3.8) is 0 Å². The first kappa shape index (κ1) is 22.3. The molecule has 1 saturated carbocycles. The van der Waals surface area contributed by atoms with E-state index in [2.05, 4.69) is 37.4 Å². The summed E-state index contributed by atoms with van der Waals surface area (Å²) in [7, 11) is 1.78. The molecule has 1 amide bonds. The van der Waals surface area contributed by atoms with Crippen molar-refractivity contribution in [1.82, 2.24) is 25.5 Å². The van der Waals surface area contributed by atoms with Gasteiger partial charge in [-0.1, -0.05) is 26.2 Å². The fraction of sp³-hybridized carbons (Fsp3) is 0.727. The highest BCUT2D eigenvalue weighted by molar-refractivity contribution is 5.81. The summed E-state index contributed by atoms with van der Waals surface area (Å²) in [6.07, 6.45) is 10.6. The van der Waals surface area contributed by atoms with Gasteiger partial charge >= 0.3 is 0 Å². The lowest BCUT2D eigenvalue weighted by Gasteiger charge is -2.34. The number of nitrogens with one attached hydrogen (secondary N) is 2. The Kier molecular flexibility index (Phi) is 8.71. The SMILES string of the molecule is CN=C(NCCC(=O)N1CCN(c2ncccn2)CC1)NCCC1CCCC(C)C1. The smallest absolute Gasteiger partial charge is 0.225 e. The van der Waals surface area contributed by atoms with Gasteiger partial charge in [0.05, 0.1) is 0 Å². The number of carbonyl (C=O) groups excluding carboxylic acids is 1. The molecular formula is C22H37N7O. The fourth-order valence-electron chi connectivity index (χ4n) is 4.49. The van der Waals surface area contributed by atoms with Crippen LogP contribution in [0.1, 0.15) is 45.4 Å². The van der Waals surface area contributed by atoms with Crippen LogP contribution in [0.3, 0.4) is 0 Å². The van der Waals surface area contributed by atoms with Crippen molar-refractivity contribution < 1.29 is 4.79 Å². The molecule has 1 aliphatic heterocycles. The molecule has 1 aromatic rings. The normalized spacial score (nSPS) is 22.7. The predicted molar refractivity (Wildman–Crippen MR) is 121 cm³/mol. The van der Waals surface area contributed by atoms with Crippen molar-refractivity contribution in [2.45, 2.75) is 45.4 Å². The molecule has 2 heterocycles. The molecule has 8 nitrogen and oxygen atoms in total. The number of nitrogens with zero attached hydrogens (tertiary/aromatic N) is 5. The number of hydrogen-bond acceptors (Lipinski definition) is 5. The quantitative estimate of drug-likeness (QED) is 0.523. The number of guanidine groups is 1. The average molecular weight is 416 g/mol. The molecule has 0 aromatic carbocycles. The van der Waals surface area contributed by atoms with Crippen molar-refractivity contribution in [1.29, 1.82) is 0 Å². The zero-order valence-electron chi connectivity index (χ0n) is 18.5. The molecule has 1 aliphatic carbocycles. The standard InChI is InChI=1S/C22H37N7O/c1-18-5-3-6-19(17-18)7-11-24-21(23-2)25-12-8-20(30)28-13-15-29(16-14-28)22-26-9-4-10-27-22/h4,9-10,18-19H,3,5-8,11-17H2,1-2H3,(H2,23,24,25). The number of aliphatic imine (C=N–C) groups is 1. The van der Waals surface area contributed by atoms with Gasteiger partial charge in [0.1, 0.15) is 0 Å². The molecule has 166 valence electrons. The second-order valence-electron chi connectivity index (χ2n) is 8.52. The molecular weight excluding hydrogens is 378 g/mol. The Bertz CT molecular complexity index is 673. The molecule has 2 fully saturated rings. The Balaban J connectivity index is 1.29.